The topological polar surface area (TPSA) is 66.5 Å². The summed E-state index contributed by atoms with van der Waals surface area (Å²) in [5.41, 5.74) is 10.3. The van der Waals surface area contributed by atoms with E-state index in [1.54, 1.807) is 18.4 Å². The third-order valence-electron chi connectivity index (χ3n) is 4.65. The van der Waals surface area contributed by atoms with Crippen LogP contribution in [0.4, 0.5) is 0 Å². The smallest absolute Gasteiger partial charge is 0.228 e. The van der Waals surface area contributed by atoms with E-state index >= 15 is 0 Å². The Bertz CT molecular complexity index is 733. The molecule has 7 heteroatoms. The zero-order valence-corrected chi connectivity index (χ0v) is 15.6. The fourth-order valence-corrected chi connectivity index (χ4v) is 3.88. The summed E-state index contributed by atoms with van der Waals surface area (Å²) in [5, 5.41) is 0. The van der Waals surface area contributed by atoms with Crippen molar-refractivity contribution in [2.24, 2.45) is 5.92 Å². The van der Waals surface area contributed by atoms with E-state index in [2.05, 4.69) is 15.8 Å². The van der Waals surface area contributed by atoms with Crippen molar-refractivity contribution in [3.05, 3.63) is 45.9 Å². The summed E-state index contributed by atoms with van der Waals surface area (Å²) in [7, 11) is 3.52. The maximum atomic E-state index is 12.9. The largest absolute Gasteiger partial charge is 0.497 e. The molecule has 0 spiro atoms. The predicted octanol–water partition coefficient (Wildman–Crippen LogP) is 1.93. The van der Waals surface area contributed by atoms with Crippen molar-refractivity contribution < 1.29 is 9.53 Å². The second-order valence-electron chi connectivity index (χ2n) is 6.26. The number of carbonyl (C=O) groups is 1. The zero-order valence-electron chi connectivity index (χ0n) is 14.8. The molecular weight excluding hydrogens is 336 g/mol. The summed E-state index contributed by atoms with van der Waals surface area (Å²) in [6, 6.07) is 7.80. The molecule has 1 saturated heterocycles. The van der Waals surface area contributed by atoms with E-state index in [0.29, 0.717) is 13.1 Å². The highest BCUT2D eigenvalue weighted by Gasteiger charge is 2.35. The second-order valence-corrected chi connectivity index (χ2v) is 7.20. The van der Waals surface area contributed by atoms with E-state index in [4.69, 9.17) is 4.74 Å². The summed E-state index contributed by atoms with van der Waals surface area (Å²) in [4.78, 5) is 20.3. The van der Waals surface area contributed by atoms with Crippen LogP contribution in [0.5, 0.6) is 5.75 Å². The Kier molecular flexibility index (Phi) is 5.67. The normalized spacial score (nSPS) is 19.8. The first kappa shape index (κ1) is 17.8. The van der Waals surface area contributed by atoms with Gasteiger partial charge in [-0.15, -0.1) is 11.3 Å². The van der Waals surface area contributed by atoms with Gasteiger partial charge in [0.2, 0.25) is 5.91 Å². The van der Waals surface area contributed by atoms with Gasteiger partial charge in [0.1, 0.15) is 5.75 Å². The van der Waals surface area contributed by atoms with Gasteiger partial charge in [0.25, 0.3) is 0 Å². The van der Waals surface area contributed by atoms with Crippen molar-refractivity contribution in [2.75, 3.05) is 27.2 Å². The molecule has 1 fully saturated rings. The molecule has 0 saturated carbocycles. The van der Waals surface area contributed by atoms with Crippen molar-refractivity contribution in [3.63, 3.8) is 0 Å². The van der Waals surface area contributed by atoms with Crippen LogP contribution in [-0.2, 0) is 11.2 Å². The number of benzene rings is 1. The van der Waals surface area contributed by atoms with Crippen LogP contribution in [0.3, 0.4) is 0 Å². The fraction of sp³-hybridized carbons (Fsp3) is 0.444. The van der Waals surface area contributed by atoms with Gasteiger partial charge in [0.15, 0.2) is 0 Å². The average molecular weight is 360 g/mol. The van der Waals surface area contributed by atoms with E-state index in [9.17, 15) is 4.79 Å². The minimum Gasteiger partial charge on any atom is -0.497 e. The summed E-state index contributed by atoms with van der Waals surface area (Å²) in [5.74, 6) is 0.804. The molecule has 2 heterocycles. The predicted molar refractivity (Wildman–Crippen MR) is 98.6 cm³/mol. The number of hydrogen-bond acceptors (Lipinski definition) is 6. The molecule has 0 bridgehead atoms. The van der Waals surface area contributed by atoms with Crippen LogP contribution in [0.1, 0.15) is 22.2 Å². The van der Waals surface area contributed by atoms with Gasteiger partial charge in [-0.25, -0.2) is 10.4 Å². The number of amides is 1. The lowest BCUT2D eigenvalue weighted by Gasteiger charge is -2.24. The minimum atomic E-state index is -0.139. The molecule has 1 amide bonds. The molecule has 6 nitrogen and oxygen atoms in total. The number of methoxy groups -OCH3 is 1. The van der Waals surface area contributed by atoms with Crippen LogP contribution >= 0.6 is 11.3 Å². The first-order valence-corrected chi connectivity index (χ1v) is 9.24. The van der Waals surface area contributed by atoms with E-state index in [1.165, 1.54) is 4.88 Å². The third kappa shape index (κ3) is 4.00. The van der Waals surface area contributed by atoms with Crippen molar-refractivity contribution in [1.82, 2.24) is 20.7 Å². The van der Waals surface area contributed by atoms with Gasteiger partial charge >= 0.3 is 0 Å². The maximum Gasteiger partial charge on any atom is 0.228 e. The third-order valence-corrected chi connectivity index (χ3v) is 5.64. The quantitative estimate of drug-likeness (QED) is 0.824. The molecule has 0 radical (unpaired) electrons. The van der Waals surface area contributed by atoms with Crippen LogP contribution in [-0.4, -0.2) is 43.0 Å². The lowest BCUT2D eigenvalue weighted by molar-refractivity contribution is -0.134. The van der Waals surface area contributed by atoms with Crippen LogP contribution in [0.2, 0.25) is 0 Å². The van der Waals surface area contributed by atoms with Gasteiger partial charge in [0.05, 0.1) is 30.3 Å². The van der Waals surface area contributed by atoms with E-state index in [0.717, 1.165) is 23.4 Å². The number of ether oxygens (including phenoxy) is 1. The minimum absolute atomic E-state index is 0.0600. The lowest BCUT2D eigenvalue weighted by atomic mass is 9.93. The molecule has 2 unspecified atom stereocenters. The monoisotopic (exact) mass is 360 g/mol. The van der Waals surface area contributed by atoms with Gasteiger partial charge < -0.3 is 9.64 Å². The highest BCUT2D eigenvalue weighted by atomic mass is 32.1. The van der Waals surface area contributed by atoms with Gasteiger partial charge in [-0.1, -0.05) is 12.1 Å². The fourth-order valence-electron chi connectivity index (χ4n) is 3.11. The highest BCUT2D eigenvalue weighted by Crippen LogP contribution is 2.28. The first-order chi connectivity index (χ1) is 12.1. The van der Waals surface area contributed by atoms with Gasteiger partial charge in [-0.3, -0.25) is 10.2 Å². The Morgan fingerprint density at radius 3 is 3.04 bits per heavy atom. The Hall–Kier alpha value is -1.96. The van der Waals surface area contributed by atoms with Crippen LogP contribution in [0.15, 0.2) is 29.8 Å². The first-order valence-electron chi connectivity index (χ1n) is 8.36. The lowest BCUT2D eigenvalue weighted by Crippen LogP contribution is -2.37. The number of aromatic nitrogens is 1. The summed E-state index contributed by atoms with van der Waals surface area (Å²) in [6.07, 6.45) is 0.843. The van der Waals surface area contributed by atoms with E-state index in [1.807, 2.05) is 48.6 Å². The van der Waals surface area contributed by atoms with E-state index in [-0.39, 0.29) is 17.9 Å². The Morgan fingerprint density at radius 1 is 1.48 bits per heavy atom. The Morgan fingerprint density at radius 2 is 2.32 bits per heavy atom. The molecule has 0 aliphatic carbocycles. The van der Waals surface area contributed by atoms with Gasteiger partial charge in [0, 0.05) is 31.4 Å². The molecule has 25 heavy (non-hydrogen) atoms. The standard InChI is InChI=1S/C18H24N4O2S/c1-12-16(25-11-19-12)7-8-22(2)18(23)15-10-20-21-17(15)13-5-4-6-14(9-13)24-3/h4-6,9,11,15,17,20-21H,7-8,10H2,1-3H3. The van der Waals surface area contributed by atoms with Crippen molar-refractivity contribution in [1.29, 1.82) is 0 Å². The number of aryl methyl sites for hydroxylation is 1. The second kappa shape index (κ2) is 7.95. The molecule has 1 aromatic heterocycles. The van der Waals surface area contributed by atoms with Gasteiger partial charge in [-0.2, -0.15) is 0 Å². The molecule has 1 aliphatic rings. The van der Waals surface area contributed by atoms with Crippen molar-refractivity contribution in [2.45, 2.75) is 19.4 Å². The zero-order chi connectivity index (χ0) is 17.8. The van der Waals surface area contributed by atoms with Gasteiger partial charge in [-0.05, 0) is 24.6 Å². The van der Waals surface area contributed by atoms with Crippen LogP contribution in [0.25, 0.3) is 0 Å². The Labute approximate surface area is 152 Å². The summed E-state index contributed by atoms with van der Waals surface area (Å²) < 4.78 is 5.30. The van der Waals surface area contributed by atoms with Crippen molar-refractivity contribution in [3.8, 4) is 5.75 Å². The number of nitrogens with zero attached hydrogens (tertiary/aromatic N) is 2. The van der Waals surface area contributed by atoms with Crippen LogP contribution < -0.4 is 15.6 Å². The SMILES string of the molecule is COc1cccc(C2NNCC2C(=O)N(C)CCc2scnc2C)c1. The Balaban J connectivity index is 1.66. The summed E-state index contributed by atoms with van der Waals surface area (Å²) in [6.45, 7) is 3.32. The number of hydrazine groups is 1. The van der Waals surface area contributed by atoms with Crippen molar-refractivity contribution >= 4 is 17.2 Å². The number of thiazole rings is 1. The molecule has 1 aliphatic heterocycles. The number of hydrogen-bond donors (Lipinski definition) is 2. The molecule has 2 N–H and O–H groups in total. The molecule has 1 aromatic carbocycles. The maximum absolute atomic E-state index is 12.9. The molecule has 2 atom stereocenters. The number of rotatable bonds is 6. The number of likely N-dealkylation sites (N-methyl/N-ethyl adjacent to an activating group) is 1. The molecule has 134 valence electrons. The highest BCUT2D eigenvalue weighted by molar-refractivity contribution is 7.09. The van der Waals surface area contributed by atoms with E-state index < -0.39 is 0 Å². The molecule has 2 aromatic rings. The molecular formula is C18H24N4O2S. The average Bonchev–Trinajstić information content (AvgIpc) is 3.28. The number of carbonyl (C=O) groups excluding carboxylic acids is 1. The summed E-state index contributed by atoms with van der Waals surface area (Å²) >= 11 is 1.65. The van der Waals surface area contributed by atoms with Crippen LogP contribution in [0, 0.1) is 12.8 Å². The molecule has 3 rings (SSSR count). The number of nitrogens with one attached hydrogen (secondary N) is 2.